The van der Waals surface area contributed by atoms with Gasteiger partial charge in [-0.25, -0.2) is 0 Å². The van der Waals surface area contributed by atoms with Gasteiger partial charge in [0.2, 0.25) is 5.78 Å². The van der Waals surface area contributed by atoms with Crippen molar-refractivity contribution in [1.82, 2.24) is 4.90 Å². The monoisotopic (exact) mass is 147 g/mol. The zero-order valence-corrected chi connectivity index (χ0v) is 6.16. The smallest absolute Gasteiger partial charge is 0.201 e. The summed E-state index contributed by atoms with van der Waals surface area (Å²) >= 11 is 0. The summed E-state index contributed by atoms with van der Waals surface area (Å²) in [6, 6.07) is 0. The molecule has 11 heavy (non-hydrogen) atoms. The predicted octanol–water partition coefficient (Wildman–Crippen LogP) is 1.23. The summed E-state index contributed by atoms with van der Waals surface area (Å²) in [6.45, 7) is 0.827. The highest BCUT2D eigenvalue weighted by atomic mass is 16.1. The molecule has 0 saturated heterocycles. The topological polar surface area (TPSA) is 20.3 Å². The standard InChI is InChI=1S/C9H9NO/c11-9-5-3-7-10-6-2-1-4-8(9)10/h2-6H,1,7H2. The van der Waals surface area contributed by atoms with Crippen molar-refractivity contribution < 1.29 is 4.79 Å². The highest BCUT2D eigenvalue weighted by molar-refractivity contribution is 6.04. The Labute approximate surface area is 65.5 Å². The molecule has 0 aromatic carbocycles. The van der Waals surface area contributed by atoms with Gasteiger partial charge in [-0.2, -0.15) is 0 Å². The van der Waals surface area contributed by atoms with Crippen LogP contribution in [0.15, 0.2) is 36.2 Å². The molecule has 2 aliphatic rings. The maximum atomic E-state index is 11.2. The number of hydrogen-bond donors (Lipinski definition) is 0. The molecule has 2 nitrogen and oxygen atoms in total. The van der Waals surface area contributed by atoms with Crippen molar-refractivity contribution in [3.8, 4) is 0 Å². The fraction of sp³-hybridized carbons (Fsp3) is 0.222. The van der Waals surface area contributed by atoms with Crippen LogP contribution < -0.4 is 0 Å². The fourth-order valence-electron chi connectivity index (χ4n) is 1.33. The molecule has 0 aromatic rings. The van der Waals surface area contributed by atoms with Gasteiger partial charge in [-0.05, 0) is 12.5 Å². The average Bonchev–Trinajstić information content (AvgIpc) is 2.06. The molecule has 0 aromatic heterocycles. The molecule has 2 heterocycles. The van der Waals surface area contributed by atoms with Gasteiger partial charge in [-0.15, -0.1) is 0 Å². The molecule has 0 unspecified atom stereocenters. The molecule has 0 amide bonds. The summed E-state index contributed by atoms with van der Waals surface area (Å²) in [6.07, 6.45) is 10.4. The lowest BCUT2D eigenvalue weighted by atomic mass is 10.1. The zero-order valence-electron chi connectivity index (χ0n) is 6.16. The Bertz CT molecular complexity index is 273. The lowest BCUT2D eigenvalue weighted by Gasteiger charge is -2.25. The first-order valence-electron chi connectivity index (χ1n) is 3.72. The van der Waals surface area contributed by atoms with Crippen LogP contribution in [0.25, 0.3) is 0 Å². The molecule has 0 fully saturated rings. The summed E-state index contributed by atoms with van der Waals surface area (Å²) < 4.78 is 0. The number of ketones is 1. The first-order valence-corrected chi connectivity index (χ1v) is 3.72. The fourth-order valence-corrected chi connectivity index (χ4v) is 1.33. The van der Waals surface area contributed by atoms with Gasteiger partial charge in [0.15, 0.2) is 0 Å². The molecular weight excluding hydrogens is 138 g/mol. The summed E-state index contributed by atoms with van der Waals surface area (Å²) in [4.78, 5) is 13.2. The number of allylic oxidation sites excluding steroid dienone is 3. The third-order valence-corrected chi connectivity index (χ3v) is 1.87. The molecule has 0 spiro atoms. The molecule has 0 N–H and O–H groups in total. The minimum Gasteiger partial charge on any atom is -0.342 e. The minimum atomic E-state index is 0.126. The molecule has 2 rings (SSSR count). The van der Waals surface area contributed by atoms with Gasteiger partial charge in [0.25, 0.3) is 0 Å². The van der Waals surface area contributed by atoms with Crippen molar-refractivity contribution >= 4 is 5.78 Å². The van der Waals surface area contributed by atoms with Crippen molar-refractivity contribution in [3.63, 3.8) is 0 Å². The summed E-state index contributed by atoms with van der Waals surface area (Å²) in [5.74, 6) is 0.126. The Morgan fingerprint density at radius 1 is 1.36 bits per heavy atom. The number of rotatable bonds is 0. The highest BCUT2D eigenvalue weighted by Gasteiger charge is 2.17. The van der Waals surface area contributed by atoms with E-state index in [4.69, 9.17) is 0 Å². The molecule has 0 saturated carbocycles. The van der Waals surface area contributed by atoms with E-state index < -0.39 is 0 Å². The van der Waals surface area contributed by atoms with E-state index in [1.54, 1.807) is 6.08 Å². The molecular formula is C9H9NO. The quantitative estimate of drug-likeness (QED) is 0.513. The van der Waals surface area contributed by atoms with Crippen molar-refractivity contribution in [2.45, 2.75) is 6.42 Å². The summed E-state index contributed by atoms with van der Waals surface area (Å²) in [5.41, 5.74) is 0.829. The normalized spacial score (nSPS) is 21.6. The molecule has 56 valence electrons. The van der Waals surface area contributed by atoms with Gasteiger partial charge in [-0.1, -0.05) is 18.2 Å². The van der Waals surface area contributed by atoms with E-state index in [0.717, 1.165) is 18.7 Å². The van der Waals surface area contributed by atoms with Crippen molar-refractivity contribution in [2.75, 3.05) is 6.54 Å². The van der Waals surface area contributed by atoms with E-state index in [2.05, 4.69) is 6.08 Å². The van der Waals surface area contributed by atoms with E-state index in [-0.39, 0.29) is 5.78 Å². The van der Waals surface area contributed by atoms with Gasteiger partial charge in [-0.3, -0.25) is 4.79 Å². The molecule has 0 bridgehead atoms. The molecule has 0 radical (unpaired) electrons. The van der Waals surface area contributed by atoms with Crippen molar-refractivity contribution in [1.29, 1.82) is 0 Å². The molecule has 2 aliphatic heterocycles. The van der Waals surface area contributed by atoms with Gasteiger partial charge in [0.05, 0.1) is 5.70 Å². The van der Waals surface area contributed by atoms with Crippen LogP contribution in [-0.4, -0.2) is 17.2 Å². The van der Waals surface area contributed by atoms with Crippen LogP contribution in [0.3, 0.4) is 0 Å². The van der Waals surface area contributed by atoms with E-state index in [1.165, 1.54) is 0 Å². The van der Waals surface area contributed by atoms with Crippen LogP contribution in [0.5, 0.6) is 0 Å². The third-order valence-electron chi connectivity index (χ3n) is 1.87. The van der Waals surface area contributed by atoms with Crippen LogP contribution >= 0.6 is 0 Å². The highest BCUT2D eigenvalue weighted by Crippen LogP contribution is 2.17. The van der Waals surface area contributed by atoms with E-state index in [0.29, 0.717) is 0 Å². The minimum absolute atomic E-state index is 0.126. The first-order chi connectivity index (χ1) is 5.38. The first kappa shape index (κ1) is 6.40. The maximum Gasteiger partial charge on any atom is 0.201 e. The number of nitrogens with zero attached hydrogens (tertiary/aromatic N) is 1. The predicted molar refractivity (Wildman–Crippen MR) is 42.7 cm³/mol. The number of carbonyl (C=O) groups is 1. The van der Waals surface area contributed by atoms with E-state index in [1.807, 2.05) is 23.3 Å². The van der Waals surface area contributed by atoms with Crippen LogP contribution in [0.2, 0.25) is 0 Å². The van der Waals surface area contributed by atoms with Crippen molar-refractivity contribution in [2.24, 2.45) is 0 Å². The third kappa shape index (κ3) is 1.00. The summed E-state index contributed by atoms with van der Waals surface area (Å²) in [7, 11) is 0. The maximum absolute atomic E-state index is 11.2. The second-order valence-corrected chi connectivity index (χ2v) is 2.63. The van der Waals surface area contributed by atoms with Gasteiger partial charge >= 0.3 is 0 Å². The van der Waals surface area contributed by atoms with Crippen LogP contribution in [0, 0.1) is 0 Å². The second kappa shape index (κ2) is 2.38. The Morgan fingerprint density at radius 3 is 3.09 bits per heavy atom. The largest absolute Gasteiger partial charge is 0.342 e. The van der Waals surface area contributed by atoms with Gasteiger partial charge in [0.1, 0.15) is 0 Å². The number of fused-ring (bicyclic) bond motifs is 1. The van der Waals surface area contributed by atoms with Crippen LogP contribution in [0.1, 0.15) is 6.42 Å². The van der Waals surface area contributed by atoms with E-state index in [9.17, 15) is 4.79 Å². The lowest BCUT2D eigenvalue weighted by Crippen LogP contribution is -2.26. The Kier molecular flexibility index (Phi) is 1.39. The van der Waals surface area contributed by atoms with E-state index >= 15 is 0 Å². The molecule has 0 atom stereocenters. The molecule has 2 heteroatoms. The summed E-state index contributed by atoms with van der Waals surface area (Å²) in [5, 5.41) is 0. The lowest BCUT2D eigenvalue weighted by molar-refractivity contribution is -0.112. The Hall–Kier alpha value is -1.31. The van der Waals surface area contributed by atoms with Crippen molar-refractivity contribution in [3.05, 3.63) is 36.2 Å². The number of hydrogen-bond acceptors (Lipinski definition) is 2. The Balaban J connectivity index is 2.35. The average molecular weight is 147 g/mol. The zero-order chi connectivity index (χ0) is 7.68. The van der Waals surface area contributed by atoms with Gasteiger partial charge < -0.3 is 4.90 Å². The molecule has 0 aliphatic carbocycles. The van der Waals surface area contributed by atoms with Crippen LogP contribution in [0.4, 0.5) is 0 Å². The second-order valence-electron chi connectivity index (χ2n) is 2.63. The van der Waals surface area contributed by atoms with Crippen LogP contribution in [-0.2, 0) is 4.79 Å². The Morgan fingerprint density at radius 2 is 2.27 bits per heavy atom. The van der Waals surface area contributed by atoms with Gasteiger partial charge in [0, 0.05) is 12.7 Å². The SMILES string of the molecule is O=C1C=CCN2C=CCC=C12. The number of carbonyl (C=O) groups excluding carboxylic acids is 1.